The Balaban J connectivity index is 2.20. The van der Waals surface area contributed by atoms with Crippen LogP contribution in [0.15, 0.2) is 65.6 Å². The standard InChI is InChI=1S/C31H33Cl3F3N3O4S/c1-6-27(29(42)38-30(3,4)5)39(17-22-24(32)8-7-9-25(22)33)28(41)18-40(45(43,44)21-13-10-19(2)11-14-21)20-12-15-26(34)23(16-20)31(35,36)37/h7-16,27H,6,17-18H2,1-5H3,(H,38,42)/t27-/m0/s1. The third-order valence-electron chi connectivity index (χ3n) is 6.71. The molecule has 2 amide bonds. The number of benzene rings is 3. The van der Waals surface area contributed by atoms with Crippen molar-refractivity contribution >= 4 is 62.3 Å². The second-order valence-corrected chi connectivity index (χ2v) is 14.5. The van der Waals surface area contributed by atoms with E-state index >= 15 is 0 Å². The lowest BCUT2D eigenvalue weighted by Gasteiger charge is -2.35. The molecule has 0 aromatic heterocycles. The fourth-order valence-electron chi connectivity index (χ4n) is 4.48. The highest BCUT2D eigenvalue weighted by Gasteiger charge is 2.38. The molecule has 0 aliphatic heterocycles. The minimum absolute atomic E-state index is 0.111. The van der Waals surface area contributed by atoms with E-state index in [0.29, 0.717) is 15.9 Å². The monoisotopic (exact) mass is 705 g/mol. The fourth-order valence-corrected chi connectivity index (χ4v) is 6.63. The number of nitrogens with zero attached hydrogens (tertiary/aromatic N) is 2. The van der Waals surface area contributed by atoms with Gasteiger partial charge in [0.05, 0.1) is 21.2 Å². The number of alkyl halides is 3. The van der Waals surface area contributed by atoms with E-state index in [9.17, 15) is 31.2 Å². The van der Waals surface area contributed by atoms with Gasteiger partial charge >= 0.3 is 6.18 Å². The molecule has 0 fully saturated rings. The SMILES string of the molecule is CC[C@@H](C(=O)NC(C)(C)C)N(Cc1c(Cl)cccc1Cl)C(=O)CN(c1ccc(Cl)c(C(F)(F)F)c1)S(=O)(=O)c1ccc(C)cc1. The van der Waals surface area contributed by atoms with Gasteiger partial charge in [0.1, 0.15) is 12.6 Å². The van der Waals surface area contributed by atoms with E-state index in [1.807, 2.05) is 0 Å². The molecular formula is C31H33Cl3F3N3O4S. The van der Waals surface area contributed by atoms with Crippen LogP contribution in [0.1, 0.15) is 50.8 Å². The summed E-state index contributed by atoms with van der Waals surface area (Å²) in [6.07, 6.45) is -4.80. The summed E-state index contributed by atoms with van der Waals surface area (Å²) < 4.78 is 70.1. The molecule has 0 unspecified atom stereocenters. The van der Waals surface area contributed by atoms with Crippen LogP contribution < -0.4 is 9.62 Å². The first kappa shape index (κ1) is 36.5. The third kappa shape index (κ3) is 9.06. The maximum Gasteiger partial charge on any atom is 0.417 e. The first-order valence-corrected chi connectivity index (χ1v) is 16.3. The Kier molecular flexibility index (Phi) is 11.5. The summed E-state index contributed by atoms with van der Waals surface area (Å²) in [5, 5.41) is 2.57. The number of amides is 2. The Labute approximate surface area is 276 Å². The van der Waals surface area contributed by atoms with Gasteiger partial charge in [0, 0.05) is 27.7 Å². The highest BCUT2D eigenvalue weighted by atomic mass is 35.5. The Morgan fingerprint density at radius 3 is 2.00 bits per heavy atom. The molecule has 0 bridgehead atoms. The van der Waals surface area contributed by atoms with Crippen LogP contribution in [0.2, 0.25) is 15.1 Å². The average molecular weight is 707 g/mol. The van der Waals surface area contributed by atoms with Crippen molar-refractivity contribution in [1.29, 1.82) is 0 Å². The molecule has 0 radical (unpaired) electrons. The lowest BCUT2D eigenvalue weighted by Crippen LogP contribution is -2.55. The summed E-state index contributed by atoms with van der Waals surface area (Å²) in [7, 11) is -4.62. The smallest absolute Gasteiger partial charge is 0.350 e. The van der Waals surface area contributed by atoms with Gasteiger partial charge in [-0.05, 0) is 76.6 Å². The third-order valence-corrected chi connectivity index (χ3v) is 9.53. The van der Waals surface area contributed by atoms with Gasteiger partial charge in [-0.1, -0.05) is 65.5 Å². The van der Waals surface area contributed by atoms with E-state index in [2.05, 4.69) is 5.32 Å². The Bertz CT molecular complexity index is 1640. The van der Waals surface area contributed by atoms with E-state index < -0.39 is 62.4 Å². The number of aryl methyl sites for hydroxylation is 1. The van der Waals surface area contributed by atoms with Gasteiger partial charge in [0.15, 0.2) is 0 Å². The number of hydrogen-bond acceptors (Lipinski definition) is 4. The van der Waals surface area contributed by atoms with Crippen LogP contribution >= 0.6 is 34.8 Å². The first-order valence-electron chi connectivity index (χ1n) is 13.8. The van der Waals surface area contributed by atoms with Gasteiger partial charge in [-0.2, -0.15) is 13.2 Å². The van der Waals surface area contributed by atoms with Gasteiger partial charge in [-0.25, -0.2) is 8.42 Å². The summed E-state index contributed by atoms with van der Waals surface area (Å²) in [4.78, 5) is 28.5. The highest BCUT2D eigenvalue weighted by Crippen LogP contribution is 2.38. The predicted octanol–water partition coefficient (Wildman–Crippen LogP) is 7.89. The van der Waals surface area contributed by atoms with Crippen LogP contribution in [-0.4, -0.2) is 43.3 Å². The molecule has 0 aliphatic carbocycles. The fraction of sp³-hybridized carbons (Fsp3) is 0.355. The Morgan fingerprint density at radius 1 is 0.911 bits per heavy atom. The molecule has 1 atom stereocenters. The van der Waals surface area contributed by atoms with E-state index in [0.717, 1.165) is 22.6 Å². The van der Waals surface area contributed by atoms with Crippen molar-refractivity contribution in [2.24, 2.45) is 0 Å². The van der Waals surface area contributed by atoms with Crippen molar-refractivity contribution < 1.29 is 31.2 Å². The van der Waals surface area contributed by atoms with Gasteiger partial charge < -0.3 is 10.2 Å². The van der Waals surface area contributed by atoms with Gasteiger partial charge in [0.25, 0.3) is 10.0 Å². The van der Waals surface area contributed by atoms with Crippen molar-refractivity contribution in [3.8, 4) is 0 Å². The Morgan fingerprint density at radius 2 is 1.49 bits per heavy atom. The first-order chi connectivity index (χ1) is 20.8. The predicted molar refractivity (Wildman–Crippen MR) is 171 cm³/mol. The molecule has 0 spiro atoms. The second-order valence-electron chi connectivity index (χ2n) is 11.4. The lowest BCUT2D eigenvalue weighted by atomic mass is 10.1. The average Bonchev–Trinajstić information content (AvgIpc) is 2.92. The van der Waals surface area contributed by atoms with E-state index in [1.54, 1.807) is 52.8 Å². The minimum Gasteiger partial charge on any atom is -0.350 e. The van der Waals surface area contributed by atoms with Crippen LogP contribution in [-0.2, 0) is 32.3 Å². The van der Waals surface area contributed by atoms with Crippen molar-refractivity contribution in [2.75, 3.05) is 10.8 Å². The maximum absolute atomic E-state index is 14.2. The molecule has 244 valence electrons. The van der Waals surface area contributed by atoms with Crippen LogP contribution in [0.4, 0.5) is 18.9 Å². The highest BCUT2D eigenvalue weighted by molar-refractivity contribution is 7.92. The molecule has 7 nitrogen and oxygen atoms in total. The van der Waals surface area contributed by atoms with E-state index in [1.165, 1.54) is 24.3 Å². The number of sulfonamides is 1. The molecule has 3 rings (SSSR count). The lowest BCUT2D eigenvalue weighted by molar-refractivity contribution is -0.141. The summed E-state index contributed by atoms with van der Waals surface area (Å²) in [6, 6.07) is 11.7. The summed E-state index contributed by atoms with van der Waals surface area (Å²) in [5.41, 5.74) is -1.38. The van der Waals surface area contributed by atoms with Gasteiger partial charge in [-0.15, -0.1) is 0 Å². The van der Waals surface area contributed by atoms with Crippen molar-refractivity contribution in [3.05, 3.63) is 92.4 Å². The van der Waals surface area contributed by atoms with Crippen molar-refractivity contribution in [2.45, 2.75) is 70.2 Å². The molecular weight excluding hydrogens is 674 g/mol. The molecule has 0 aliphatic rings. The number of halogens is 6. The second kappa shape index (κ2) is 14.2. The van der Waals surface area contributed by atoms with Crippen LogP contribution in [0.25, 0.3) is 0 Å². The molecule has 45 heavy (non-hydrogen) atoms. The zero-order valence-corrected chi connectivity index (χ0v) is 28.3. The summed E-state index contributed by atoms with van der Waals surface area (Å²) in [5.74, 6) is -1.42. The summed E-state index contributed by atoms with van der Waals surface area (Å²) >= 11 is 18.6. The molecule has 1 N–H and O–H groups in total. The molecule has 14 heteroatoms. The molecule has 0 saturated carbocycles. The number of hydrogen-bond donors (Lipinski definition) is 1. The number of carbonyl (C=O) groups is 2. The van der Waals surface area contributed by atoms with Gasteiger partial charge in [0.2, 0.25) is 11.8 Å². The number of rotatable bonds is 10. The number of nitrogens with one attached hydrogen (secondary N) is 1. The maximum atomic E-state index is 14.2. The van der Waals surface area contributed by atoms with Crippen LogP contribution in [0.3, 0.4) is 0 Å². The van der Waals surface area contributed by atoms with E-state index in [-0.39, 0.29) is 27.9 Å². The van der Waals surface area contributed by atoms with Crippen LogP contribution in [0, 0.1) is 6.92 Å². The van der Waals surface area contributed by atoms with Crippen LogP contribution in [0.5, 0.6) is 0 Å². The van der Waals surface area contributed by atoms with E-state index in [4.69, 9.17) is 34.8 Å². The molecule has 0 heterocycles. The zero-order valence-electron chi connectivity index (χ0n) is 25.2. The molecule has 3 aromatic rings. The largest absolute Gasteiger partial charge is 0.417 e. The van der Waals surface area contributed by atoms with Crippen molar-refractivity contribution in [3.63, 3.8) is 0 Å². The minimum atomic E-state index is -4.92. The molecule has 3 aromatic carbocycles. The van der Waals surface area contributed by atoms with Crippen molar-refractivity contribution in [1.82, 2.24) is 10.2 Å². The summed E-state index contributed by atoms with van der Waals surface area (Å²) in [6.45, 7) is 7.40. The topological polar surface area (TPSA) is 86.8 Å². The number of carbonyl (C=O) groups excluding carboxylic acids is 2. The molecule has 0 saturated heterocycles. The Hall–Kier alpha value is -2.99. The number of anilines is 1. The normalized spacial score (nSPS) is 12.9. The van der Waals surface area contributed by atoms with Gasteiger partial charge in [-0.3, -0.25) is 13.9 Å². The quantitative estimate of drug-likeness (QED) is 0.232. The zero-order chi connectivity index (χ0) is 33.9.